The molecule has 0 spiro atoms. The summed E-state index contributed by atoms with van der Waals surface area (Å²) in [5, 5.41) is 3.40. The Hall–Kier alpha value is -0.570. The Kier molecular flexibility index (Phi) is 4.22. The van der Waals surface area contributed by atoms with Crippen LogP contribution in [0.15, 0.2) is 0 Å². The minimum Gasteiger partial charge on any atom is -0.343 e. The third kappa shape index (κ3) is 3.48. The first-order valence-corrected chi connectivity index (χ1v) is 6.80. The van der Waals surface area contributed by atoms with E-state index in [1.54, 1.807) is 0 Å². The Balaban J connectivity index is 1.61. The van der Waals surface area contributed by atoms with Crippen LogP contribution in [0.4, 0.5) is 0 Å². The van der Waals surface area contributed by atoms with Gasteiger partial charge in [0, 0.05) is 32.1 Å². The molecule has 1 aliphatic heterocycles. The molecular formula is C13H24N2O. The maximum atomic E-state index is 11.9. The van der Waals surface area contributed by atoms with Crippen molar-refractivity contribution in [3.05, 3.63) is 0 Å². The number of rotatable bonds is 5. The molecule has 3 nitrogen and oxygen atoms in total. The van der Waals surface area contributed by atoms with Crippen LogP contribution in [0.2, 0.25) is 0 Å². The van der Waals surface area contributed by atoms with Gasteiger partial charge in [0.15, 0.2) is 0 Å². The van der Waals surface area contributed by atoms with Gasteiger partial charge in [-0.1, -0.05) is 13.3 Å². The Morgan fingerprint density at radius 3 is 2.50 bits per heavy atom. The lowest BCUT2D eigenvalue weighted by molar-refractivity contribution is -0.132. The average molecular weight is 224 g/mol. The van der Waals surface area contributed by atoms with E-state index < -0.39 is 0 Å². The van der Waals surface area contributed by atoms with Crippen LogP contribution in [-0.4, -0.2) is 36.5 Å². The van der Waals surface area contributed by atoms with Gasteiger partial charge in [0.25, 0.3) is 0 Å². The first-order chi connectivity index (χ1) is 7.79. The molecular weight excluding hydrogens is 200 g/mol. The molecule has 1 N–H and O–H groups in total. The number of piperidine rings is 1. The molecule has 2 aliphatic rings. The molecule has 1 aliphatic carbocycles. The highest BCUT2D eigenvalue weighted by molar-refractivity contribution is 5.76. The molecule has 0 aromatic carbocycles. The van der Waals surface area contributed by atoms with Crippen molar-refractivity contribution in [1.82, 2.24) is 10.2 Å². The fourth-order valence-corrected chi connectivity index (χ4v) is 2.42. The van der Waals surface area contributed by atoms with Crippen molar-refractivity contribution in [3.8, 4) is 0 Å². The monoisotopic (exact) mass is 224 g/mol. The highest BCUT2D eigenvalue weighted by Gasteiger charge is 2.23. The van der Waals surface area contributed by atoms with Crippen molar-refractivity contribution in [2.75, 3.05) is 19.6 Å². The first kappa shape index (κ1) is 11.9. The third-order valence-electron chi connectivity index (χ3n) is 3.89. The van der Waals surface area contributed by atoms with E-state index in [0.29, 0.717) is 12.3 Å². The van der Waals surface area contributed by atoms with Crippen LogP contribution in [0, 0.1) is 5.92 Å². The average Bonchev–Trinajstić information content (AvgIpc) is 3.13. The van der Waals surface area contributed by atoms with Crippen molar-refractivity contribution >= 4 is 5.91 Å². The molecule has 16 heavy (non-hydrogen) atoms. The van der Waals surface area contributed by atoms with Crippen LogP contribution < -0.4 is 5.32 Å². The van der Waals surface area contributed by atoms with Crippen molar-refractivity contribution in [2.45, 2.75) is 51.5 Å². The molecule has 1 saturated heterocycles. The number of nitrogens with zero attached hydrogens (tertiary/aromatic N) is 1. The number of amides is 1. The van der Waals surface area contributed by atoms with E-state index in [4.69, 9.17) is 0 Å². The minimum absolute atomic E-state index is 0.350. The molecule has 0 bridgehead atoms. The molecule has 3 heteroatoms. The summed E-state index contributed by atoms with van der Waals surface area (Å²) < 4.78 is 0. The van der Waals surface area contributed by atoms with E-state index in [1.165, 1.54) is 32.1 Å². The van der Waals surface area contributed by atoms with Gasteiger partial charge in [-0.2, -0.15) is 0 Å². The van der Waals surface area contributed by atoms with Gasteiger partial charge in [0.2, 0.25) is 5.91 Å². The normalized spacial score (nSPS) is 22.4. The van der Waals surface area contributed by atoms with Crippen molar-refractivity contribution in [1.29, 1.82) is 0 Å². The fraction of sp³-hybridized carbons (Fsp3) is 0.923. The molecule has 2 rings (SSSR count). The molecule has 0 radical (unpaired) electrons. The number of likely N-dealkylation sites (tertiary alicyclic amines) is 1. The van der Waals surface area contributed by atoms with Crippen LogP contribution in [0.3, 0.4) is 0 Å². The maximum absolute atomic E-state index is 11.9. The maximum Gasteiger partial charge on any atom is 0.223 e. The van der Waals surface area contributed by atoms with Gasteiger partial charge >= 0.3 is 0 Å². The van der Waals surface area contributed by atoms with E-state index in [9.17, 15) is 4.79 Å². The SMILES string of the molecule is CCC1CCN(C(=O)CCNC2CC2)CC1. The van der Waals surface area contributed by atoms with Crippen molar-refractivity contribution in [2.24, 2.45) is 5.92 Å². The van der Waals surface area contributed by atoms with Gasteiger partial charge in [-0.15, -0.1) is 0 Å². The summed E-state index contributed by atoms with van der Waals surface area (Å²) in [6.45, 7) is 5.10. The highest BCUT2D eigenvalue weighted by atomic mass is 16.2. The third-order valence-corrected chi connectivity index (χ3v) is 3.89. The van der Waals surface area contributed by atoms with Crippen LogP contribution in [0.5, 0.6) is 0 Å². The van der Waals surface area contributed by atoms with Crippen molar-refractivity contribution < 1.29 is 4.79 Å². The largest absolute Gasteiger partial charge is 0.343 e. The van der Waals surface area contributed by atoms with E-state index in [0.717, 1.165) is 31.6 Å². The molecule has 92 valence electrons. The summed E-state index contributed by atoms with van der Waals surface area (Å²) in [5.41, 5.74) is 0. The predicted octanol–water partition coefficient (Wildman–Crippen LogP) is 1.78. The van der Waals surface area contributed by atoms with Gasteiger partial charge in [-0.3, -0.25) is 4.79 Å². The second-order valence-corrected chi connectivity index (χ2v) is 5.21. The standard InChI is InChI=1S/C13H24N2O/c1-2-11-6-9-15(10-7-11)13(16)5-8-14-12-3-4-12/h11-12,14H,2-10H2,1H3. The molecule has 2 fully saturated rings. The summed E-state index contributed by atoms with van der Waals surface area (Å²) in [4.78, 5) is 13.9. The number of nitrogens with one attached hydrogen (secondary N) is 1. The van der Waals surface area contributed by atoms with E-state index in [1.807, 2.05) is 0 Å². The molecule has 0 aromatic heterocycles. The molecule has 0 unspecified atom stereocenters. The molecule has 0 aromatic rings. The smallest absolute Gasteiger partial charge is 0.223 e. The quantitative estimate of drug-likeness (QED) is 0.772. The zero-order valence-electron chi connectivity index (χ0n) is 10.4. The van der Waals surface area contributed by atoms with Crippen LogP contribution >= 0.6 is 0 Å². The van der Waals surface area contributed by atoms with Gasteiger partial charge in [0.1, 0.15) is 0 Å². The van der Waals surface area contributed by atoms with Crippen molar-refractivity contribution in [3.63, 3.8) is 0 Å². The molecule has 0 atom stereocenters. The van der Waals surface area contributed by atoms with Gasteiger partial charge in [0.05, 0.1) is 0 Å². The fourth-order valence-electron chi connectivity index (χ4n) is 2.42. The predicted molar refractivity (Wildman–Crippen MR) is 65.2 cm³/mol. The summed E-state index contributed by atoms with van der Waals surface area (Å²) >= 11 is 0. The first-order valence-electron chi connectivity index (χ1n) is 6.80. The second-order valence-electron chi connectivity index (χ2n) is 5.21. The number of carbonyl (C=O) groups is 1. The topological polar surface area (TPSA) is 32.3 Å². The summed E-state index contributed by atoms with van der Waals surface area (Å²) in [6.07, 6.45) is 6.97. The lowest BCUT2D eigenvalue weighted by Crippen LogP contribution is -2.39. The number of hydrogen-bond acceptors (Lipinski definition) is 2. The number of hydrogen-bond donors (Lipinski definition) is 1. The zero-order chi connectivity index (χ0) is 11.4. The van der Waals surface area contributed by atoms with E-state index in [-0.39, 0.29) is 0 Å². The molecule has 1 saturated carbocycles. The minimum atomic E-state index is 0.350. The van der Waals surface area contributed by atoms with Crippen LogP contribution in [0.25, 0.3) is 0 Å². The zero-order valence-corrected chi connectivity index (χ0v) is 10.4. The lowest BCUT2D eigenvalue weighted by atomic mass is 9.94. The Morgan fingerprint density at radius 2 is 1.94 bits per heavy atom. The lowest BCUT2D eigenvalue weighted by Gasteiger charge is -2.31. The Labute approximate surface area is 98.6 Å². The van der Waals surface area contributed by atoms with Gasteiger partial charge < -0.3 is 10.2 Å². The van der Waals surface area contributed by atoms with E-state index in [2.05, 4.69) is 17.1 Å². The van der Waals surface area contributed by atoms with E-state index >= 15 is 0 Å². The Bertz CT molecular complexity index is 230. The molecule has 1 heterocycles. The Morgan fingerprint density at radius 1 is 1.25 bits per heavy atom. The second kappa shape index (κ2) is 5.67. The van der Waals surface area contributed by atoms with Crippen LogP contribution in [0.1, 0.15) is 45.4 Å². The molecule has 1 amide bonds. The van der Waals surface area contributed by atoms with Gasteiger partial charge in [-0.25, -0.2) is 0 Å². The highest BCUT2D eigenvalue weighted by Crippen LogP contribution is 2.21. The van der Waals surface area contributed by atoms with Gasteiger partial charge in [-0.05, 0) is 31.6 Å². The summed E-state index contributed by atoms with van der Waals surface area (Å²) in [7, 11) is 0. The summed E-state index contributed by atoms with van der Waals surface area (Å²) in [5.74, 6) is 1.20. The summed E-state index contributed by atoms with van der Waals surface area (Å²) in [6, 6.07) is 0.721. The van der Waals surface area contributed by atoms with Crippen LogP contribution in [-0.2, 0) is 4.79 Å². The number of carbonyl (C=O) groups excluding carboxylic acids is 1.